The number of nitrogens with zero attached hydrogens (tertiary/aromatic N) is 2. The van der Waals surface area contributed by atoms with E-state index in [1.807, 2.05) is 0 Å². The molecule has 0 unspecified atom stereocenters. The molecule has 2 heterocycles. The van der Waals surface area contributed by atoms with Crippen molar-refractivity contribution in [3.05, 3.63) is 70.4 Å². The smallest absolute Gasteiger partial charge is 0.294 e. The summed E-state index contributed by atoms with van der Waals surface area (Å²) in [4.78, 5) is 40.2. The summed E-state index contributed by atoms with van der Waals surface area (Å²) < 4.78 is 24.5. The molecule has 32 heavy (non-hydrogen) atoms. The van der Waals surface area contributed by atoms with E-state index in [0.717, 1.165) is 16.7 Å². The molecule has 0 N–H and O–H groups in total. The number of hydrogen-bond acceptors (Lipinski definition) is 6. The second-order valence-electron chi connectivity index (χ2n) is 7.21. The average Bonchev–Trinajstić information content (AvgIpc) is 3.07. The van der Waals surface area contributed by atoms with Gasteiger partial charge in [0.25, 0.3) is 11.1 Å². The highest BCUT2D eigenvalue weighted by Crippen LogP contribution is 2.32. The molecule has 0 atom stereocenters. The SMILES string of the molecule is O=C(CN1C(=O)S/C(=C/c2ccc(OCc3ccccc3F)cc2)C1=O)N1CCOCC1. The van der Waals surface area contributed by atoms with Crippen molar-refractivity contribution in [3.8, 4) is 5.75 Å². The number of imide groups is 1. The molecule has 2 fully saturated rings. The lowest BCUT2D eigenvalue weighted by atomic mass is 10.2. The largest absolute Gasteiger partial charge is 0.489 e. The Bertz CT molecular complexity index is 1050. The van der Waals surface area contributed by atoms with Gasteiger partial charge in [0.05, 0.1) is 18.1 Å². The molecule has 0 bridgehead atoms. The maximum atomic E-state index is 13.7. The van der Waals surface area contributed by atoms with Gasteiger partial charge < -0.3 is 14.4 Å². The van der Waals surface area contributed by atoms with E-state index in [9.17, 15) is 18.8 Å². The van der Waals surface area contributed by atoms with E-state index in [4.69, 9.17) is 9.47 Å². The third-order valence-electron chi connectivity index (χ3n) is 5.06. The molecular weight excluding hydrogens is 435 g/mol. The molecule has 4 rings (SSSR count). The molecule has 9 heteroatoms. The molecule has 2 aromatic rings. The number of rotatable bonds is 6. The van der Waals surface area contributed by atoms with Crippen molar-refractivity contribution in [2.24, 2.45) is 0 Å². The Morgan fingerprint density at radius 2 is 1.81 bits per heavy atom. The van der Waals surface area contributed by atoms with Crippen LogP contribution in [0.4, 0.5) is 9.18 Å². The van der Waals surface area contributed by atoms with Crippen LogP contribution in [0.5, 0.6) is 5.75 Å². The summed E-state index contributed by atoms with van der Waals surface area (Å²) in [6.45, 7) is 1.64. The second-order valence-corrected chi connectivity index (χ2v) is 8.20. The van der Waals surface area contributed by atoms with E-state index in [-0.39, 0.29) is 29.8 Å². The van der Waals surface area contributed by atoms with Crippen LogP contribution in [0.15, 0.2) is 53.4 Å². The van der Waals surface area contributed by atoms with Crippen LogP contribution in [0.1, 0.15) is 11.1 Å². The molecule has 0 saturated carbocycles. The molecular formula is C23H21FN2O5S. The van der Waals surface area contributed by atoms with Crippen LogP contribution in [0.3, 0.4) is 0 Å². The molecule has 2 aliphatic heterocycles. The monoisotopic (exact) mass is 456 g/mol. The van der Waals surface area contributed by atoms with Gasteiger partial charge >= 0.3 is 0 Å². The van der Waals surface area contributed by atoms with Crippen molar-refractivity contribution < 1.29 is 28.2 Å². The quantitative estimate of drug-likeness (QED) is 0.621. The summed E-state index contributed by atoms with van der Waals surface area (Å²) in [7, 11) is 0. The van der Waals surface area contributed by atoms with Crippen LogP contribution in [0.25, 0.3) is 6.08 Å². The van der Waals surface area contributed by atoms with Crippen LogP contribution in [-0.2, 0) is 20.9 Å². The molecule has 166 valence electrons. The number of carbonyl (C=O) groups is 3. The van der Waals surface area contributed by atoms with E-state index in [1.54, 1.807) is 53.4 Å². The van der Waals surface area contributed by atoms with Crippen LogP contribution < -0.4 is 4.74 Å². The Hall–Kier alpha value is -3.17. The number of amides is 3. The van der Waals surface area contributed by atoms with E-state index < -0.39 is 11.1 Å². The van der Waals surface area contributed by atoms with Crippen molar-refractivity contribution in [2.75, 3.05) is 32.8 Å². The number of morpholine rings is 1. The predicted octanol–water partition coefficient (Wildman–Crippen LogP) is 3.30. The van der Waals surface area contributed by atoms with Crippen molar-refractivity contribution in [1.82, 2.24) is 9.80 Å². The maximum Gasteiger partial charge on any atom is 0.294 e. The van der Waals surface area contributed by atoms with E-state index in [0.29, 0.717) is 43.2 Å². The van der Waals surface area contributed by atoms with Gasteiger partial charge in [0.2, 0.25) is 5.91 Å². The number of benzene rings is 2. The molecule has 7 nitrogen and oxygen atoms in total. The van der Waals surface area contributed by atoms with Crippen LogP contribution in [0.2, 0.25) is 0 Å². The van der Waals surface area contributed by atoms with Crippen LogP contribution in [-0.4, -0.2) is 59.7 Å². The average molecular weight is 456 g/mol. The summed E-state index contributed by atoms with van der Waals surface area (Å²) >= 11 is 0.809. The highest BCUT2D eigenvalue weighted by molar-refractivity contribution is 8.18. The molecule has 0 aliphatic carbocycles. The lowest BCUT2D eigenvalue weighted by Crippen LogP contribution is -2.46. The van der Waals surface area contributed by atoms with E-state index >= 15 is 0 Å². The third kappa shape index (κ3) is 5.17. The van der Waals surface area contributed by atoms with Gasteiger partial charge in [-0.2, -0.15) is 0 Å². The first-order valence-corrected chi connectivity index (χ1v) is 10.9. The highest BCUT2D eigenvalue weighted by atomic mass is 32.2. The lowest BCUT2D eigenvalue weighted by molar-refractivity contribution is -0.139. The Labute approximate surface area is 188 Å². The first-order chi connectivity index (χ1) is 15.5. The Morgan fingerprint density at radius 3 is 2.53 bits per heavy atom. The third-order valence-corrected chi connectivity index (χ3v) is 5.97. The molecule has 2 aliphatic rings. The van der Waals surface area contributed by atoms with Crippen molar-refractivity contribution in [3.63, 3.8) is 0 Å². The predicted molar refractivity (Wildman–Crippen MR) is 117 cm³/mol. The van der Waals surface area contributed by atoms with Gasteiger partial charge in [-0.3, -0.25) is 19.3 Å². The van der Waals surface area contributed by atoms with Crippen molar-refractivity contribution >= 4 is 34.9 Å². The van der Waals surface area contributed by atoms with Crippen LogP contribution >= 0.6 is 11.8 Å². The van der Waals surface area contributed by atoms with Gasteiger partial charge in [-0.05, 0) is 41.6 Å². The fourth-order valence-electron chi connectivity index (χ4n) is 3.27. The molecule has 3 amide bonds. The highest BCUT2D eigenvalue weighted by Gasteiger charge is 2.37. The van der Waals surface area contributed by atoms with Crippen LogP contribution in [0, 0.1) is 5.82 Å². The van der Waals surface area contributed by atoms with Gasteiger partial charge in [-0.15, -0.1) is 0 Å². The maximum absolute atomic E-state index is 13.7. The molecule has 2 aromatic carbocycles. The first kappa shape index (κ1) is 22.0. The zero-order chi connectivity index (χ0) is 22.5. The van der Waals surface area contributed by atoms with E-state index in [1.165, 1.54) is 6.07 Å². The summed E-state index contributed by atoms with van der Waals surface area (Å²) in [6.07, 6.45) is 1.60. The number of ether oxygens (including phenoxy) is 2. The topological polar surface area (TPSA) is 76.2 Å². The van der Waals surface area contributed by atoms with Gasteiger partial charge in [-0.1, -0.05) is 30.3 Å². The second kappa shape index (κ2) is 9.97. The minimum atomic E-state index is -0.485. The minimum Gasteiger partial charge on any atom is -0.489 e. The van der Waals surface area contributed by atoms with E-state index in [2.05, 4.69) is 0 Å². The van der Waals surface area contributed by atoms with Crippen molar-refractivity contribution in [2.45, 2.75) is 6.61 Å². The normalized spacial score (nSPS) is 17.8. The first-order valence-electron chi connectivity index (χ1n) is 10.1. The molecule has 0 radical (unpaired) electrons. The number of halogens is 1. The Balaban J connectivity index is 1.37. The van der Waals surface area contributed by atoms with Gasteiger partial charge in [0.1, 0.15) is 24.7 Å². The zero-order valence-corrected chi connectivity index (χ0v) is 18.0. The van der Waals surface area contributed by atoms with Gasteiger partial charge in [0.15, 0.2) is 0 Å². The summed E-state index contributed by atoms with van der Waals surface area (Å²) in [6, 6.07) is 13.3. The number of hydrogen-bond donors (Lipinski definition) is 0. The number of thioether (sulfide) groups is 1. The fraction of sp³-hybridized carbons (Fsp3) is 0.261. The zero-order valence-electron chi connectivity index (χ0n) is 17.2. The van der Waals surface area contributed by atoms with Crippen molar-refractivity contribution in [1.29, 1.82) is 0 Å². The summed E-state index contributed by atoms with van der Waals surface area (Å²) in [5.74, 6) is -0.531. The van der Waals surface area contributed by atoms with Gasteiger partial charge in [-0.25, -0.2) is 4.39 Å². The molecule has 0 spiro atoms. The summed E-state index contributed by atoms with van der Waals surface area (Å²) in [5.41, 5.74) is 1.16. The minimum absolute atomic E-state index is 0.0993. The number of carbonyl (C=O) groups excluding carboxylic acids is 3. The lowest BCUT2D eigenvalue weighted by Gasteiger charge is -2.28. The molecule has 0 aromatic heterocycles. The Morgan fingerprint density at radius 1 is 1.09 bits per heavy atom. The summed E-state index contributed by atoms with van der Waals surface area (Å²) in [5, 5.41) is -0.465. The van der Waals surface area contributed by atoms with Gasteiger partial charge in [0, 0.05) is 18.7 Å². The fourth-order valence-corrected chi connectivity index (χ4v) is 4.11. The standard InChI is InChI=1S/C23H21FN2O5S/c24-19-4-2-1-3-17(19)15-31-18-7-5-16(6-8-18)13-20-22(28)26(23(29)32-20)14-21(27)25-9-11-30-12-10-25/h1-8,13H,9-12,14-15H2/b20-13+. The Kier molecular flexibility index (Phi) is 6.87. The molecule has 2 saturated heterocycles.